The highest BCUT2D eigenvalue weighted by Gasteiger charge is 2.31. The Morgan fingerprint density at radius 3 is 2.54 bits per heavy atom. The lowest BCUT2D eigenvalue weighted by molar-refractivity contribution is -0.142. The number of carbonyl (C=O) groups is 1. The first-order valence-corrected chi connectivity index (χ1v) is 9.46. The number of benzene rings is 2. The summed E-state index contributed by atoms with van der Waals surface area (Å²) in [4.78, 5) is 11.8. The van der Waals surface area contributed by atoms with Crippen LogP contribution in [0.25, 0.3) is 11.1 Å². The predicted molar refractivity (Wildman–Crippen MR) is 106 cm³/mol. The van der Waals surface area contributed by atoms with Crippen LogP contribution < -0.4 is 5.73 Å². The van der Waals surface area contributed by atoms with E-state index in [0.717, 1.165) is 28.7 Å². The van der Waals surface area contributed by atoms with Crippen LogP contribution in [0.2, 0.25) is 0 Å². The van der Waals surface area contributed by atoms with Crippen LogP contribution in [-0.4, -0.2) is 31.7 Å². The number of H-pyrrole nitrogens is 1. The van der Waals surface area contributed by atoms with E-state index in [1.54, 1.807) is 0 Å². The largest absolute Gasteiger partial charge is 0.481 e. The summed E-state index contributed by atoms with van der Waals surface area (Å²) in [6.45, 7) is 2.49. The lowest BCUT2D eigenvalue weighted by atomic mass is 9.83. The Hall–Kier alpha value is -3.06. The van der Waals surface area contributed by atoms with E-state index in [9.17, 15) is 9.90 Å². The van der Waals surface area contributed by atoms with E-state index in [1.165, 1.54) is 0 Å². The van der Waals surface area contributed by atoms with Gasteiger partial charge in [0.2, 0.25) is 0 Å². The molecule has 146 valence electrons. The zero-order valence-corrected chi connectivity index (χ0v) is 15.9. The number of nitrogens with one attached hydrogen (secondary N) is 1. The van der Waals surface area contributed by atoms with E-state index in [0.29, 0.717) is 25.2 Å². The third-order valence-corrected chi connectivity index (χ3v) is 5.00. The molecule has 28 heavy (non-hydrogen) atoms. The van der Waals surface area contributed by atoms with Gasteiger partial charge in [-0.15, -0.1) is 10.2 Å². The molecule has 0 aliphatic heterocycles. The van der Waals surface area contributed by atoms with Gasteiger partial charge >= 0.3 is 5.97 Å². The van der Waals surface area contributed by atoms with E-state index < -0.39 is 11.9 Å². The van der Waals surface area contributed by atoms with Gasteiger partial charge in [-0.05, 0) is 41.2 Å². The van der Waals surface area contributed by atoms with Gasteiger partial charge in [-0.25, -0.2) is 0 Å². The molecule has 7 heteroatoms. The van der Waals surface area contributed by atoms with Gasteiger partial charge in [0.25, 0.3) is 0 Å². The predicted octanol–water partition coefficient (Wildman–Crippen LogP) is 3.15. The number of nitrogens with two attached hydrogens (primary N) is 1. The zero-order chi connectivity index (χ0) is 19.9. The molecule has 2 atom stereocenters. The van der Waals surface area contributed by atoms with Crippen LogP contribution in [0.5, 0.6) is 0 Å². The van der Waals surface area contributed by atoms with Gasteiger partial charge in [0.15, 0.2) is 5.82 Å². The standard InChI is InChI=1S/C21H25N5O2/c1-2-4-18(21(27)28)19(20-23-25-26-24-20)12-14-7-9-16(10-8-14)17-6-3-5-15(11-17)13-22/h3,5-11,18-19H,2,4,12-13,22H2,1H3,(H,27,28)(H,23,24,25,26). The summed E-state index contributed by atoms with van der Waals surface area (Å²) in [5.41, 5.74) is 10.1. The van der Waals surface area contributed by atoms with E-state index in [4.69, 9.17) is 5.73 Å². The topological polar surface area (TPSA) is 118 Å². The second kappa shape index (κ2) is 9.23. The fourth-order valence-electron chi connectivity index (χ4n) is 3.51. The number of aromatic nitrogens is 4. The minimum atomic E-state index is -0.827. The Morgan fingerprint density at radius 1 is 1.14 bits per heavy atom. The van der Waals surface area contributed by atoms with Crippen molar-refractivity contribution in [2.24, 2.45) is 11.7 Å². The number of nitrogens with zero attached hydrogens (tertiary/aromatic N) is 3. The molecular weight excluding hydrogens is 354 g/mol. The first kappa shape index (κ1) is 19.7. The molecule has 0 saturated heterocycles. The van der Waals surface area contributed by atoms with E-state index >= 15 is 0 Å². The molecule has 3 aromatic rings. The summed E-state index contributed by atoms with van der Waals surface area (Å²) in [6, 6.07) is 16.3. The molecule has 0 amide bonds. The number of tetrazole rings is 1. The minimum Gasteiger partial charge on any atom is -0.481 e. The Kier molecular flexibility index (Phi) is 6.49. The van der Waals surface area contributed by atoms with Crippen molar-refractivity contribution in [3.63, 3.8) is 0 Å². The molecule has 1 heterocycles. The van der Waals surface area contributed by atoms with Crippen LogP contribution in [0.3, 0.4) is 0 Å². The number of aliphatic carboxylic acids is 1. The maximum absolute atomic E-state index is 11.8. The van der Waals surface area contributed by atoms with Gasteiger partial charge in [0.1, 0.15) is 0 Å². The smallest absolute Gasteiger partial charge is 0.307 e. The Labute approximate surface area is 164 Å². The first-order valence-electron chi connectivity index (χ1n) is 9.46. The third-order valence-electron chi connectivity index (χ3n) is 5.00. The van der Waals surface area contributed by atoms with Crippen molar-refractivity contribution in [3.05, 3.63) is 65.5 Å². The second-order valence-corrected chi connectivity index (χ2v) is 6.92. The molecule has 4 N–H and O–H groups in total. The van der Waals surface area contributed by atoms with Gasteiger partial charge in [-0.2, -0.15) is 5.21 Å². The van der Waals surface area contributed by atoms with Crippen LogP contribution in [0.15, 0.2) is 48.5 Å². The van der Waals surface area contributed by atoms with E-state index in [-0.39, 0.29) is 5.92 Å². The van der Waals surface area contributed by atoms with E-state index in [2.05, 4.69) is 32.8 Å². The number of carboxylic acid groups (broad SMARTS) is 1. The summed E-state index contributed by atoms with van der Waals surface area (Å²) < 4.78 is 0. The molecule has 0 radical (unpaired) electrons. The third kappa shape index (κ3) is 4.61. The van der Waals surface area contributed by atoms with Crippen LogP contribution in [0, 0.1) is 5.92 Å². The molecule has 0 spiro atoms. The van der Waals surface area contributed by atoms with Crippen molar-refractivity contribution >= 4 is 5.97 Å². The molecule has 2 unspecified atom stereocenters. The molecule has 3 rings (SSSR count). The number of carboxylic acids is 1. The monoisotopic (exact) mass is 379 g/mol. The number of hydrogen-bond acceptors (Lipinski definition) is 5. The van der Waals surface area contributed by atoms with Gasteiger partial charge in [-0.3, -0.25) is 4.79 Å². The van der Waals surface area contributed by atoms with Crippen LogP contribution in [-0.2, 0) is 17.8 Å². The highest BCUT2D eigenvalue weighted by atomic mass is 16.4. The average Bonchev–Trinajstić information content (AvgIpc) is 3.25. The summed E-state index contributed by atoms with van der Waals surface area (Å²) in [5, 5.41) is 23.9. The van der Waals surface area contributed by atoms with Crippen LogP contribution in [0.4, 0.5) is 0 Å². The summed E-state index contributed by atoms with van der Waals surface area (Å²) in [6.07, 6.45) is 1.89. The summed E-state index contributed by atoms with van der Waals surface area (Å²) in [5.74, 6) is -1.27. The molecule has 2 aromatic carbocycles. The Morgan fingerprint density at radius 2 is 1.93 bits per heavy atom. The minimum absolute atomic E-state index is 0.331. The van der Waals surface area contributed by atoms with E-state index in [1.807, 2.05) is 43.3 Å². The van der Waals surface area contributed by atoms with Crippen molar-refractivity contribution in [2.45, 2.75) is 38.6 Å². The highest BCUT2D eigenvalue weighted by molar-refractivity contribution is 5.71. The van der Waals surface area contributed by atoms with Crippen molar-refractivity contribution in [1.82, 2.24) is 20.6 Å². The Bertz CT molecular complexity index is 893. The van der Waals surface area contributed by atoms with Crippen molar-refractivity contribution < 1.29 is 9.90 Å². The molecule has 0 aliphatic rings. The van der Waals surface area contributed by atoms with Crippen molar-refractivity contribution in [2.75, 3.05) is 0 Å². The van der Waals surface area contributed by atoms with Crippen LogP contribution >= 0.6 is 0 Å². The van der Waals surface area contributed by atoms with Crippen LogP contribution in [0.1, 0.15) is 42.6 Å². The molecule has 0 aliphatic carbocycles. The summed E-state index contributed by atoms with van der Waals surface area (Å²) in [7, 11) is 0. The molecule has 0 bridgehead atoms. The molecule has 1 aromatic heterocycles. The quantitative estimate of drug-likeness (QED) is 0.526. The number of rotatable bonds is 9. The zero-order valence-electron chi connectivity index (χ0n) is 15.9. The van der Waals surface area contributed by atoms with Gasteiger partial charge in [0.05, 0.1) is 5.92 Å². The lowest BCUT2D eigenvalue weighted by Gasteiger charge is -2.21. The maximum Gasteiger partial charge on any atom is 0.307 e. The number of aromatic amines is 1. The molecule has 0 saturated carbocycles. The average molecular weight is 379 g/mol. The fourth-order valence-corrected chi connectivity index (χ4v) is 3.51. The molecular formula is C21H25N5O2. The lowest BCUT2D eigenvalue weighted by Crippen LogP contribution is -2.25. The van der Waals surface area contributed by atoms with Crippen molar-refractivity contribution in [1.29, 1.82) is 0 Å². The SMILES string of the molecule is CCCC(C(=O)O)C(Cc1ccc(-c2cccc(CN)c2)cc1)c1nn[nH]n1. The summed E-state index contributed by atoms with van der Waals surface area (Å²) >= 11 is 0. The molecule has 7 nitrogen and oxygen atoms in total. The molecule has 0 fully saturated rings. The van der Waals surface area contributed by atoms with Gasteiger partial charge < -0.3 is 10.8 Å². The highest BCUT2D eigenvalue weighted by Crippen LogP contribution is 2.30. The fraction of sp³-hybridized carbons (Fsp3) is 0.333. The second-order valence-electron chi connectivity index (χ2n) is 6.92. The number of hydrogen-bond donors (Lipinski definition) is 3. The Balaban J connectivity index is 1.84. The normalized spacial score (nSPS) is 13.2. The van der Waals surface area contributed by atoms with Gasteiger partial charge in [0, 0.05) is 12.5 Å². The first-order chi connectivity index (χ1) is 13.6. The maximum atomic E-state index is 11.8. The van der Waals surface area contributed by atoms with Gasteiger partial charge in [-0.1, -0.05) is 61.0 Å². The van der Waals surface area contributed by atoms with Crippen molar-refractivity contribution in [3.8, 4) is 11.1 Å².